The van der Waals surface area contributed by atoms with E-state index in [1.54, 1.807) is 6.92 Å². The highest BCUT2D eigenvalue weighted by Crippen LogP contribution is 2.21. The summed E-state index contributed by atoms with van der Waals surface area (Å²) < 4.78 is 5.57. The monoisotopic (exact) mass is 258 g/mol. The van der Waals surface area contributed by atoms with Crippen molar-refractivity contribution >= 4 is 5.91 Å². The fourth-order valence-electron chi connectivity index (χ4n) is 1.71. The molecule has 0 aliphatic rings. The minimum Gasteiger partial charge on any atom is -0.441 e. The Morgan fingerprint density at radius 3 is 2.68 bits per heavy atom. The minimum atomic E-state index is -0.183. The normalized spacial score (nSPS) is 12.2. The largest absolute Gasteiger partial charge is 0.441 e. The second-order valence-electron chi connectivity index (χ2n) is 4.57. The topological polar surface area (TPSA) is 55.1 Å². The molecule has 0 aliphatic heterocycles. The van der Waals surface area contributed by atoms with Gasteiger partial charge in [0.25, 0.3) is 5.91 Å². The molecule has 19 heavy (non-hydrogen) atoms. The molecule has 0 fully saturated rings. The molecule has 1 unspecified atom stereocenters. The van der Waals surface area contributed by atoms with Crippen LogP contribution in [0.3, 0.4) is 0 Å². The van der Waals surface area contributed by atoms with E-state index in [1.165, 1.54) is 0 Å². The van der Waals surface area contributed by atoms with Crippen LogP contribution in [0.5, 0.6) is 0 Å². The molecule has 2 aromatic rings. The summed E-state index contributed by atoms with van der Waals surface area (Å²) in [6, 6.07) is 9.68. The molecular weight excluding hydrogens is 240 g/mol. The number of carbonyl (C=O) groups is 1. The third-order valence-corrected chi connectivity index (χ3v) is 3.02. The third-order valence-electron chi connectivity index (χ3n) is 3.02. The molecule has 100 valence electrons. The average molecular weight is 258 g/mol. The fraction of sp³-hybridized carbons (Fsp3) is 0.333. The van der Waals surface area contributed by atoms with Crippen molar-refractivity contribution in [1.29, 1.82) is 0 Å². The maximum atomic E-state index is 12.0. The number of nitrogens with zero attached hydrogens (tertiary/aromatic N) is 1. The van der Waals surface area contributed by atoms with Gasteiger partial charge in [-0.2, -0.15) is 0 Å². The Bertz CT molecular complexity index is 561. The van der Waals surface area contributed by atoms with E-state index in [-0.39, 0.29) is 11.9 Å². The lowest BCUT2D eigenvalue weighted by molar-refractivity contribution is 0.0933. The number of rotatable bonds is 4. The highest BCUT2D eigenvalue weighted by atomic mass is 16.4. The van der Waals surface area contributed by atoms with Gasteiger partial charge in [0.1, 0.15) is 5.76 Å². The molecule has 4 heteroatoms. The smallest absolute Gasteiger partial charge is 0.273 e. The summed E-state index contributed by atoms with van der Waals surface area (Å²) in [7, 11) is 0. The number of nitrogens with one attached hydrogen (secondary N) is 1. The Kier molecular flexibility index (Phi) is 4.00. The van der Waals surface area contributed by atoms with Crippen molar-refractivity contribution in [2.45, 2.75) is 33.2 Å². The van der Waals surface area contributed by atoms with Gasteiger partial charge in [-0.15, -0.1) is 0 Å². The van der Waals surface area contributed by atoms with Gasteiger partial charge in [-0.05, 0) is 32.4 Å². The maximum absolute atomic E-state index is 12.0. The lowest BCUT2D eigenvalue weighted by Crippen LogP contribution is -2.32. The van der Waals surface area contributed by atoms with Crippen LogP contribution in [0.1, 0.15) is 36.5 Å². The van der Waals surface area contributed by atoms with E-state index >= 15 is 0 Å². The van der Waals surface area contributed by atoms with Crippen molar-refractivity contribution in [3.63, 3.8) is 0 Å². The number of aromatic nitrogens is 1. The first-order valence-corrected chi connectivity index (χ1v) is 6.45. The van der Waals surface area contributed by atoms with Crippen LogP contribution >= 0.6 is 0 Å². The van der Waals surface area contributed by atoms with Crippen LogP contribution < -0.4 is 5.32 Å². The highest BCUT2D eigenvalue weighted by molar-refractivity contribution is 5.93. The van der Waals surface area contributed by atoms with Crippen molar-refractivity contribution in [1.82, 2.24) is 10.3 Å². The first kappa shape index (κ1) is 13.3. The number of amides is 1. The lowest BCUT2D eigenvalue weighted by Gasteiger charge is -2.09. The Morgan fingerprint density at radius 1 is 1.37 bits per heavy atom. The summed E-state index contributed by atoms with van der Waals surface area (Å²) in [5, 5.41) is 2.89. The maximum Gasteiger partial charge on any atom is 0.273 e. The van der Waals surface area contributed by atoms with E-state index < -0.39 is 0 Å². The van der Waals surface area contributed by atoms with Gasteiger partial charge in [-0.25, -0.2) is 4.98 Å². The second-order valence-corrected chi connectivity index (χ2v) is 4.57. The van der Waals surface area contributed by atoms with Gasteiger partial charge >= 0.3 is 0 Å². The van der Waals surface area contributed by atoms with E-state index in [0.29, 0.717) is 17.3 Å². The number of hydrogen-bond acceptors (Lipinski definition) is 3. The third kappa shape index (κ3) is 3.02. The number of carbonyl (C=O) groups excluding carboxylic acids is 1. The fourth-order valence-corrected chi connectivity index (χ4v) is 1.71. The van der Waals surface area contributed by atoms with Crippen molar-refractivity contribution in [3.05, 3.63) is 41.8 Å². The SMILES string of the molecule is CCC(C)NC(=O)c1nc(-c2ccccc2)oc1C. The van der Waals surface area contributed by atoms with E-state index in [9.17, 15) is 4.79 Å². The van der Waals surface area contributed by atoms with Gasteiger partial charge in [0, 0.05) is 11.6 Å². The molecule has 1 N–H and O–H groups in total. The Morgan fingerprint density at radius 2 is 2.05 bits per heavy atom. The van der Waals surface area contributed by atoms with Gasteiger partial charge in [0.2, 0.25) is 5.89 Å². The van der Waals surface area contributed by atoms with Gasteiger partial charge in [-0.3, -0.25) is 4.79 Å². The molecule has 0 bridgehead atoms. The average Bonchev–Trinajstić information content (AvgIpc) is 2.81. The molecular formula is C15H18N2O2. The van der Waals surface area contributed by atoms with E-state index in [1.807, 2.05) is 44.2 Å². The molecule has 2 rings (SSSR count). The highest BCUT2D eigenvalue weighted by Gasteiger charge is 2.18. The zero-order chi connectivity index (χ0) is 13.8. The van der Waals surface area contributed by atoms with Gasteiger partial charge < -0.3 is 9.73 Å². The van der Waals surface area contributed by atoms with Crippen LogP contribution in [0.15, 0.2) is 34.7 Å². The molecule has 0 saturated carbocycles. The molecule has 4 nitrogen and oxygen atoms in total. The molecule has 0 spiro atoms. The zero-order valence-electron chi connectivity index (χ0n) is 11.4. The predicted octanol–water partition coefficient (Wildman–Crippen LogP) is 3.18. The summed E-state index contributed by atoms with van der Waals surface area (Å²) in [4.78, 5) is 16.3. The molecule has 1 amide bonds. The van der Waals surface area contributed by atoms with E-state index in [2.05, 4.69) is 10.3 Å². The lowest BCUT2D eigenvalue weighted by atomic mass is 10.2. The minimum absolute atomic E-state index is 0.128. The van der Waals surface area contributed by atoms with Crippen LogP contribution in [0.25, 0.3) is 11.5 Å². The molecule has 0 aliphatic carbocycles. The first-order chi connectivity index (χ1) is 9.11. The first-order valence-electron chi connectivity index (χ1n) is 6.45. The number of oxazole rings is 1. The summed E-state index contributed by atoms with van der Waals surface area (Å²) in [6.07, 6.45) is 0.883. The molecule has 1 atom stereocenters. The van der Waals surface area contributed by atoms with Crippen molar-refractivity contribution in [2.75, 3.05) is 0 Å². The van der Waals surface area contributed by atoms with Crippen LogP contribution in [-0.2, 0) is 0 Å². The van der Waals surface area contributed by atoms with Crippen LogP contribution in [-0.4, -0.2) is 16.9 Å². The molecule has 0 radical (unpaired) electrons. The van der Waals surface area contributed by atoms with Crippen molar-refractivity contribution in [2.24, 2.45) is 0 Å². The summed E-state index contributed by atoms with van der Waals surface area (Å²) in [5.74, 6) is 0.838. The Labute approximate surface area is 112 Å². The van der Waals surface area contributed by atoms with Gasteiger partial charge in [0.05, 0.1) is 0 Å². The van der Waals surface area contributed by atoms with Gasteiger partial charge in [0.15, 0.2) is 5.69 Å². The van der Waals surface area contributed by atoms with Crippen LogP contribution in [0.4, 0.5) is 0 Å². The van der Waals surface area contributed by atoms with E-state index in [0.717, 1.165) is 12.0 Å². The summed E-state index contributed by atoms with van der Waals surface area (Å²) in [5.41, 5.74) is 1.23. The van der Waals surface area contributed by atoms with Crippen LogP contribution in [0.2, 0.25) is 0 Å². The molecule has 0 saturated heterocycles. The number of aryl methyl sites for hydroxylation is 1. The molecule has 1 aromatic heterocycles. The van der Waals surface area contributed by atoms with E-state index in [4.69, 9.17) is 4.42 Å². The summed E-state index contributed by atoms with van der Waals surface area (Å²) in [6.45, 7) is 5.74. The van der Waals surface area contributed by atoms with Crippen molar-refractivity contribution < 1.29 is 9.21 Å². The molecule has 1 heterocycles. The quantitative estimate of drug-likeness (QED) is 0.916. The predicted molar refractivity (Wildman–Crippen MR) is 73.9 cm³/mol. The Balaban J connectivity index is 2.24. The standard InChI is InChI=1S/C15H18N2O2/c1-4-10(2)16-14(18)13-11(3)19-15(17-13)12-8-6-5-7-9-12/h5-10H,4H2,1-3H3,(H,16,18). The Hall–Kier alpha value is -2.10. The zero-order valence-corrected chi connectivity index (χ0v) is 11.4. The molecule has 1 aromatic carbocycles. The summed E-state index contributed by atoms with van der Waals surface area (Å²) >= 11 is 0. The number of hydrogen-bond donors (Lipinski definition) is 1. The second kappa shape index (κ2) is 5.69. The van der Waals surface area contributed by atoms with Crippen LogP contribution in [0, 0.1) is 6.92 Å². The van der Waals surface area contributed by atoms with Gasteiger partial charge in [-0.1, -0.05) is 25.1 Å². The number of benzene rings is 1. The van der Waals surface area contributed by atoms with Crippen molar-refractivity contribution in [3.8, 4) is 11.5 Å².